The summed E-state index contributed by atoms with van der Waals surface area (Å²) in [5.74, 6) is 0.102. The van der Waals surface area contributed by atoms with Crippen molar-refractivity contribution in [1.29, 1.82) is 0 Å². The SMILES string of the molecule is O=C(CC(c1ccccc1)[B-]12OCC[NH+]1CCO2)c1ccccc1. The van der Waals surface area contributed by atoms with Gasteiger partial charge in [0, 0.05) is 5.56 Å². The number of hydrogen-bond donors (Lipinski definition) is 1. The summed E-state index contributed by atoms with van der Waals surface area (Å²) in [6.07, 6.45) is 0.414. The van der Waals surface area contributed by atoms with E-state index in [1.807, 2.05) is 48.5 Å². The highest BCUT2D eigenvalue weighted by Gasteiger charge is 2.55. The fourth-order valence-electron chi connectivity index (χ4n) is 4.23. The first-order chi connectivity index (χ1) is 11.8. The standard InChI is InChI=1S/C19H22BNO3/c22-19(17-9-5-2-6-10-17)15-18(16-7-3-1-4-8-16)20-21(11-13-23-20)12-14-24-20/h1-10,18,21H,11-15H2. The molecule has 2 saturated heterocycles. The van der Waals surface area contributed by atoms with E-state index in [2.05, 4.69) is 12.1 Å². The average Bonchev–Trinajstić information content (AvgIpc) is 3.21. The van der Waals surface area contributed by atoms with Crippen LogP contribution in [-0.4, -0.2) is 38.8 Å². The van der Waals surface area contributed by atoms with Gasteiger partial charge in [-0.1, -0.05) is 66.2 Å². The van der Waals surface area contributed by atoms with Crippen molar-refractivity contribution in [2.75, 3.05) is 26.3 Å². The first-order valence-electron chi connectivity index (χ1n) is 8.70. The third kappa shape index (κ3) is 2.69. The first kappa shape index (κ1) is 15.6. The van der Waals surface area contributed by atoms with E-state index in [-0.39, 0.29) is 11.6 Å². The molecule has 2 aliphatic heterocycles. The van der Waals surface area contributed by atoms with Crippen molar-refractivity contribution in [3.63, 3.8) is 0 Å². The number of rotatable bonds is 5. The predicted molar refractivity (Wildman–Crippen MR) is 92.9 cm³/mol. The number of benzene rings is 2. The molecule has 1 atom stereocenters. The van der Waals surface area contributed by atoms with Crippen LogP contribution in [0.15, 0.2) is 60.7 Å². The Kier molecular flexibility index (Phi) is 4.23. The molecule has 5 heteroatoms. The van der Waals surface area contributed by atoms with E-state index in [4.69, 9.17) is 9.31 Å². The monoisotopic (exact) mass is 323 g/mol. The summed E-state index contributed by atoms with van der Waals surface area (Å²) in [7, 11) is 0. The second-order valence-corrected chi connectivity index (χ2v) is 6.68. The highest BCUT2D eigenvalue weighted by atomic mass is 16.6. The van der Waals surface area contributed by atoms with Gasteiger partial charge >= 0.3 is 6.69 Å². The fraction of sp³-hybridized carbons (Fsp3) is 0.316. The van der Waals surface area contributed by atoms with Crippen LogP contribution in [0.2, 0.25) is 0 Å². The van der Waals surface area contributed by atoms with Crippen molar-refractivity contribution in [2.45, 2.75) is 12.2 Å². The molecule has 2 aromatic rings. The van der Waals surface area contributed by atoms with Gasteiger partial charge < -0.3 is 14.1 Å². The Bertz CT molecular complexity index is 697. The van der Waals surface area contributed by atoms with E-state index in [9.17, 15) is 4.79 Å². The van der Waals surface area contributed by atoms with Crippen LogP contribution < -0.4 is 4.81 Å². The lowest BCUT2D eigenvalue weighted by molar-refractivity contribution is -0.785. The second-order valence-electron chi connectivity index (χ2n) is 6.68. The van der Waals surface area contributed by atoms with Crippen LogP contribution in [0.4, 0.5) is 0 Å². The molecule has 0 radical (unpaired) electrons. The van der Waals surface area contributed by atoms with Crippen LogP contribution in [-0.2, 0) is 9.31 Å². The molecule has 0 spiro atoms. The molecule has 4 nitrogen and oxygen atoms in total. The van der Waals surface area contributed by atoms with E-state index in [0.717, 1.165) is 24.2 Å². The summed E-state index contributed by atoms with van der Waals surface area (Å²) in [5.41, 5.74) is 1.88. The molecular weight excluding hydrogens is 301 g/mol. The third-order valence-electron chi connectivity index (χ3n) is 5.40. The van der Waals surface area contributed by atoms with Gasteiger partial charge in [-0.2, -0.15) is 0 Å². The summed E-state index contributed by atoms with van der Waals surface area (Å²) in [5, 5.41) is 0. The Morgan fingerprint density at radius 3 is 2.17 bits per heavy atom. The lowest BCUT2D eigenvalue weighted by Crippen LogP contribution is -3.20. The zero-order chi connectivity index (χ0) is 16.4. The van der Waals surface area contributed by atoms with Crippen molar-refractivity contribution < 1.29 is 18.9 Å². The van der Waals surface area contributed by atoms with E-state index in [0.29, 0.717) is 19.6 Å². The van der Waals surface area contributed by atoms with Crippen molar-refractivity contribution >= 4 is 12.5 Å². The van der Waals surface area contributed by atoms with Gasteiger partial charge in [0.05, 0.1) is 26.3 Å². The minimum Gasteiger partial charge on any atom is -0.509 e. The molecule has 24 heavy (non-hydrogen) atoms. The molecule has 2 aromatic carbocycles. The molecule has 0 aromatic heterocycles. The number of carbonyl (C=O) groups excluding carboxylic acids is 1. The van der Waals surface area contributed by atoms with E-state index < -0.39 is 6.69 Å². The van der Waals surface area contributed by atoms with Crippen molar-refractivity contribution in [3.8, 4) is 0 Å². The highest BCUT2D eigenvalue weighted by Crippen LogP contribution is 2.32. The molecule has 0 amide bonds. The largest absolute Gasteiger partial charge is 0.509 e. The Hall–Kier alpha value is -1.95. The third-order valence-corrected chi connectivity index (χ3v) is 5.40. The Balaban J connectivity index is 1.68. The van der Waals surface area contributed by atoms with E-state index in [1.165, 1.54) is 4.81 Å². The molecule has 2 aliphatic rings. The number of ketones is 1. The van der Waals surface area contributed by atoms with Crippen LogP contribution >= 0.6 is 0 Å². The average molecular weight is 323 g/mol. The van der Waals surface area contributed by atoms with Gasteiger partial charge in [0.15, 0.2) is 5.78 Å². The van der Waals surface area contributed by atoms with Crippen LogP contribution in [0.1, 0.15) is 28.2 Å². The van der Waals surface area contributed by atoms with Crippen molar-refractivity contribution in [2.24, 2.45) is 0 Å². The quantitative estimate of drug-likeness (QED) is 0.669. The van der Waals surface area contributed by atoms with Gasteiger partial charge in [-0.3, -0.25) is 4.79 Å². The summed E-state index contributed by atoms with van der Waals surface area (Å²) in [6, 6.07) is 19.7. The molecule has 2 fully saturated rings. The summed E-state index contributed by atoms with van der Waals surface area (Å²) >= 11 is 0. The summed E-state index contributed by atoms with van der Waals surface area (Å²) in [6.45, 7) is 1.83. The fourth-order valence-corrected chi connectivity index (χ4v) is 4.23. The Labute approximate surface area is 142 Å². The lowest BCUT2D eigenvalue weighted by atomic mass is 9.53. The molecule has 0 bridgehead atoms. The summed E-state index contributed by atoms with van der Waals surface area (Å²) in [4.78, 5) is 14.2. The van der Waals surface area contributed by atoms with Crippen LogP contribution in [0, 0.1) is 0 Å². The maximum Gasteiger partial charge on any atom is 0.479 e. The van der Waals surface area contributed by atoms with E-state index in [1.54, 1.807) is 0 Å². The number of fused-ring (bicyclic) bond motifs is 1. The Morgan fingerprint density at radius 1 is 0.958 bits per heavy atom. The van der Waals surface area contributed by atoms with Gasteiger partial charge in [-0.25, -0.2) is 0 Å². The van der Waals surface area contributed by atoms with Crippen LogP contribution in [0.25, 0.3) is 0 Å². The number of carbonyl (C=O) groups is 1. The minimum absolute atomic E-state index is 0.0427. The van der Waals surface area contributed by atoms with Crippen LogP contribution in [0.3, 0.4) is 0 Å². The Morgan fingerprint density at radius 2 is 1.54 bits per heavy atom. The molecule has 0 saturated carbocycles. The minimum atomic E-state index is -1.50. The number of quaternary nitrogens is 1. The molecule has 2 heterocycles. The normalized spacial score (nSPS) is 26.9. The van der Waals surface area contributed by atoms with Gasteiger partial charge in [0.1, 0.15) is 0 Å². The van der Waals surface area contributed by atoms with E-state index >= 15 is 0 Å². The zero-order valence-electron chi connectivity index (χ0n) is 13.7. The van der Waals surface area contributed by atoms with Crippen molar-refractivity contribution in [1.82, 2.24) is 0 Å². The highest BCUT2D eigenvalue weighted by molar-refractivity contribution is 6.61. The van der Waals surface area contributed by atoms with Gasteiger partial charge in [-0.15, -0.1) is 0 Å². The van der Waals surface area contributed by atoms with Gasteiger partial charge in [0.25, 0.3) is 0 Å². The summed E-state index contributed by atoms with van der Waals surface area (Å²) < 4.78 is 12.3. The molecule has 1 N–H and O–H groups in total. The number of Topliss-reactive ketones (excluding diaryl/α,β-unsaturated/α-hetero) is 1. The first-order valence-corrected chi connectivity index (χ1v) is 8.70. The smallest absolute Gasteiger partial charge is 0.479 e. The second kappa shape index (κ2) is 6.51. The topological polar surface area (TPSA) is 40.0 Å². The van der Waals surface area contributed by atoms with Crippen LogP contribution in [0.5, 0.6) is 0 Å². The number of nitrogens with one attached hydrogen (secondary N) is 1. The molecule has 1 unspecified atom stereocenters. The molecule has 4 rings (SSSR count). The van der Waals surface area contributed by atoms with Crippen molar-refractivity contribution in [3.05, 3.63) is 71.8 Å². The molecule has 124 valence electrons. The molecular formula is C19H22BNO3. The van der Waals surface area contributed by atoms with Gasteiger partial charge in [0.2, 0.25) is 0 Å². The zero-order valence-corrected chi connectivity index (χ0v) is 13.7. The maximum absolute atomic E-state index is 12.9. The maximum atomic E-state index is 12.9. The number of hydrogen-bond acceptors (Lipinski definition) is 3. The van der Waals surface area contributed by atoms with Gasteiger partial charge in [-0.05, 0) is 12.2 Å². The molecule has 0 aliphatic carbocycles. The lowest BCUT2D eigenvalue weighted by Gasteiger charge is -2.38. The predicted octanol–water partition coefficient (Wildman–Crippen LogP) is 1.47.